The van der Waals surface area contributed by atoms with E-state index in [1.165, 1.54) is 93.5 Å². The molecule has 0 fully saturated rings. The van der Waals surface area contributed by atoms with E-state index in [4.69, 9.17) is 17.0 Å². The van der Waals surface area contributed by atoms with Gasteiger partial charge in [0.2, 0.25) is 0 Å². The average molecular weight is 715 g/mol. The molecule has 0 amide bonds. The van der Waals surface area contributed by atoms with E-state index >= 15 is 0 Å². The van der Waals surface area contributed by atoms with Gasteiger partial charge in [-0.25, -0.2) is 0 Å². The first kappa shape index (κ1) is 36.3. The van der Waals surface area contributed by atoms with Crippen molar-refractivity contribution in [2.45, 2.75) is 65.5 Å². The maximum absolute atomic E-state index is 4.93. The summed E-state index contributed by atoms with van der Waals surface area (Å²) in [7, 11) is 11.0. The average Bonchev–Trinajstić information content (AvgIpc) is 3.68. The second-order valence-corrected chi connectivity index (χ2v) is 15.6. The number of rotatable bonds is 8. The maximum atomic E-state index is 4.93. The first-order valence-electron chi connectivity index (χ1n) is 15.6. The fourth-order valence-corrected chi connectivity index (χ4v) is 5.38. The van der Waals surface area contributed by atoms with Gasteiger partial charge >= 0.3 is 37.9 Å². The Kier molecular flexibility index (Phi) is 17.1. The quantitative estimate of drug-likeness (QED) is 0.109. The molecule has 0 aliphatic heterocycles. The van der Waals surface area contributed by atoms with Gasteiger partial charge in [-0.15, -0.1) is 69.1 Å². The molecular formula is C40H44Cl2SiZr. The second kappa shape index (κ2) is 20.7. The topological polar surface area (TPSA) is 0 Å². The normalized spacial score (nSPS) is 10.1. The molecule has 0 unspecified atom stereocenters. The first-order valence-corrected chi connectivity index (χ1v) is 23.9. The molecule has 6 aromatic rings. The van der Waals surface area contributed by atoms with Crippen LogP contribution in [0.4, 0.5) is 0 Å². The zero-order valence-electron chi connectivity index (χ0n) is 26.5. The number of hydrogen-bond donors (Lipinski definition) is 0. The Hall–Kier alpha value is -2.22. The van der Waals surface area contributed by atoms with Gasteiger partial charge in [-0.2, -0.15) is 12.1 Å². The number of hydrogen-bond acceptors (Lipinski definition) is 0. The van der Waals surface area contributed by atoms with E-state index in [1.807, 2.05) is 0 Å². The van der Waals surface area contributed by atoms with Gasteiger partial charge in [-0.1, -0.05) is 137 Å². The number of aryl methyl sites for hydroxylation is 2. The predicted molar refractivity (Wildman–Crippen MR) is 196 cm³/mol. The Balaban J connectivity index is 0.000000204. The van der Waals surface area contributed by atoms with Crippen molar-refractivity contribution in [3.05, 3.63) is 132 Å². The van der Waals surface area contributed by atoms with Crippen LogP contribution in [0.3, 0.4) is 0 Å². The van der Waals surface area contributed by atoms with Crippen LogP contribution in [0.15, 0.2) is 121 Å². The van der Waals surface area contributed by atoms with Crippen LogP contribution >= 0.6 is 17.0 Å². The molecule has 0 aromatic heterocycles. The van der Waals surface area contributed by atoms with Crippen LogP contribution in [-0.2, 0) is 33.7 Å². The van der Waals surface area contributed by atoms with Gasteiger partial charge in [0, 0.05) is 9.52 Å². The molecule has 4 heteroatoms. The summed E-state index contributed by atoms with van der Waals surface area (Å²) in [6.07, 6.45) is 7.45. The van der Waals surface area contributed by atoms with Gasteiger partial charge in [0.1, 0.15) is 0 Å². The fourth-order valence-electron chi connectivity index (χ4n) is 5.38. The molecule has 0 aliphatic carbocycles. The van der Waals surface area contributed by atoms with Gasteiger partial charge in [0.15, 0.2) is 0 Å². The van der Waals surface area contributed by atoms with Gasteiger partial charge in [-0.3, -0.25) is 0 Å². The zero-order chi connectivity index (χ0) is 31.6. The minimum atomic E-state index is -0.826. The van der Waals surface area contributed by atoms with E-state index < -0.39 is 20.8 Å². The summed E-state index contributed by atoms with van der Waals surface area (Å²) in [5, 5.41) is 5.51. The molecule has 226 valence electrons. The molecule has 0 heterocycles. The molecule has 6 aromatic carbocycles. The summed E-state index contributed by atoms with van der Waals surface area (Å²) >= 11 is -0.826. The summed E-state index contributed by atoms with van der Waals surface area (Å²) in [5.41, 5.74) is 8.25. The fraction of sp³-hybridized carbons (Fsp3) is 0.250. The Labute approximate surface area is 287 Å². The molecular weight excluding hydrogens is 671 g/mol. The molecule has 0 saturated carbocycles. The Morgan fingerprint density at radius 1 is 0.568 bits per heavy atom. The van der Waals surface area contributed by atoms with E-state index in [0.29, 0.717) is 0 Å². The van der Waals surface area contributed by atoms with Crippen molar-refractivity contribution >= 4 is 48.1 Å². The predicted octanol–water partition coefficient (Wildman–Crippen LogP) is 13.3. The van der Waals surface area contributed by atoms with Crippen LogP contribution in [0.5, 0.6) is 0 Å². The summed E-state index contributed by atoms with van der Waals surface area (Å²) < 4.78 is 0. The van der Waals surface area contributed by atoms with Crippen molar-refractivity contribution in [3.8, 4) is 22.3 Å². The molecule has 0 bridgehead atoms. The van der Waals surface area contributed by atoms with Crippen molar-refractivity contribution in [3.63, 3.8) is 0 Å². The second-order valence-electron chi connectivity index (χ2n) is 10.9. The summed E-state index contributed by atoms with van der Waals surface area (Å²) in [6, 6.07) is 44.0. The molecule has 44 heavy (non-hydrogen) atoms. The Morgan fingerprint density at radius 2 is 0.932 bits per heavy atom. The minimum absolute atomic E-state index is 0.826. The third-order valence-electron chi connectivity index (χ3n) is 7.43. The third kappa shape index (κ3) is 11.0. The van der Waals surface area contributed by atoms with Crippen molar-refractivity contribution < 1.29 is 20.8 Å². The van der Waals surface area contributed by atoms with E-state index in [0.717, 1.165) is 9.52 Å². The van der Waals surface area contributed by atoms with Crippen LogP contribution in [0.25, 0.3) is 43.8 Å². The van der Waals surface area contributed by atoms with E-state index in [2.05, 4.69) is 148 Å². The van der Waals surface area contributed by atoms with Crippen LogP contribution in [0, 0.1) is 0 Å². The number of halogens is 2. The summed E-state index contributed by atoms with van der Waals surface area (Å²) in [6.45, 7) is 8.80. The standard InChI is InChI=1S/2C19H19.C2H6Si.2ClH.Zr/c2*1-2-3-8-15-13-17-11-7-12-18(19(17)14-15)16-9-5-4-6-10-16;1-3-2;;;/h2*4-7,9-14H,2-3,8H2,1H3;1-2H3;2*1H;/q2*-1;;;;+4/p-2. The summed E-state index contributed by atoms with van der Waals surface area (Å²) in [5.74, 6) is 0. The van der Waals surface area contributed by atoms with E-state index in [9.17, 15) is 0 Å². The van der Waals surface area contributed by atoms with E-state index in [1.54, 1.807) is 0 Å². The van der Waals surface area contributed by atoms with Gasteiger partial charge in [0.25, 0.3) is 0 Å². The molecule has 0 spiro atoms. The summed E-state index contributed by atoms with van der Waals surface area (Å²) in [4.78, 5) is 0. The van der Waals surface area contributed by atoms with E-state index in [-0.39, 0.29) is 0 Å². The SMILES string of the molecule is CCCCc1cc2c(-c3ccccc3)cccc2[cH-]1.CCCCc1cc2c(-c3ccccc3)cccc2[cH-]1.C[Si]C.[Cl][Zr+2][Cl]. The zero-order valence-corrected chi connectivity index (χ0v) is 31.5. The van der Waals surface area contributed by atoms with Crippen LogP contribution in [0.1, 0.15) is 50.7 Å². The van der Waals surface area contributed by atoms with Gasteiger partial charge in [-0.05, 0) is 24.0 Å². The van der Waals surface area contributed by atoms with Crippen molar-refractivity contribution in [2.75, 3.05) is 0 Å². The number of fused-ring (bicyclic) bond motifs is 2. The van der Waals surface area contributed by atoms with Gasteiger partial charge in [0.05, 0.1) is 0 Å². The number of unbranched alkanes of at least 4 members (excludes halogenated alkanes) is 2. The monoisotopic (exact) mass is 712 g/mol. The van der Waals surface area contributed by atoms with Crippen LogP contribution in [0.2, 0.25) is 13.1 Å². The molecule has 2 radical (unpaired) electrons. The third-order valence-corrected chi connectivity index (χ3v) is 7.43. The molecule has 6 rings (SSSR count). The Morgan fingerprint density at radius 3 is 1.27 bits per heavy atom. The molecule has 0 nitrogen and oxygen atoms in total. The molecule has 0 N–H and O–H groups in total. The number of benzene rings is 4. The Bertz CT molecular complexity index is 1500. The first-order chi connectivity index (χ1) is 21.6. The van der Waals surface area contributed by atoms with Crippen molar-refractivity contribution in [2.24, 2.45) is 0 Å². The molecule has 0 aliphatic rings. The van der Waals surface area contributed by atoms with Crippen molar-refractivity contribution in [1.82, 2.24) is 0 Å². The molecule has 0 atom stereocenters. The van der Waals surface area contributed by atoms with Crippen LogP contribution < -0.4 is 0 Å². The van der Waals surface area contributed by atoms with Crippen LogP contribution in [-0.4, -0.2) is 9.52 Å². The molecule has 0 saturated heterocycles. The van der Waals surface area contributed by atoms with Gasteiger partial charge < -0.3 is 0 Å². The van der Waals surface area contributed by atoms with Crippen molar-refractivity contribution in [1.29, 1.82) is 0 Å².